The number of hydrogen-bond donors (Lipinski definition) is 3. The number of halogens is 3. The van der Waals surface area contributed by atoms with Gasteiger partial charge in [-0.1, -0.05) is 29.4 Å². The number of hydrazine groups is 1. The van der Waals surface area contributed by atoms with Crippen molar-refractivity contribution in [1.29, 1.82) is 0 Å². The fourth-order valence-corrected chi connectivity index (χ4v) is 3.76. The van der Waals surface area contributed by atoms with E-state index in [-0.39, 0.29) is 25.5 Å². The third-order valence-corrected chi connectivity index (χ3v) is 5.70. The molecule has 2 atom stereocenters. The lowest BCUT2D eigenvalue weighted by molar-refractivity contribution is -0.136. The van der Waals surface area contributed by atoms with Crippen molar-refractivity contribution in [2.24, 2.45) is 10.1 Å². The minimum atomic E-state index is -4.53. The van der Waals surface area contributed by atoms with Gasteiger partial charge in [0, 0.05) is 29.9 Å². The number of aliphatic imine (C=N–C) groups is 1. The molecule has 0 saturated heterocycles. The highest BCUT2D eigenvalue weighted by Crippen LogP contribution is 2.34. The molecule has 37 heavy (non-hydrogen) atoms. The molecular weight excluding hydrogens is 493 g/mol. The van der Waals surface area contributed by atoms with Gasteiger partial charge in [0.1, 0.15) is 18.4 Å². The highest BCUT2D eigenvalue weighted by atomic mass is 19.4. The number of hydrogen-bond acceptors (Lipinski definition) is 7. The number of alkyl halides is 3. The number of amides is 1. The summed E-state index contributed by atoms with van der Waals surface area (Å²) in [6.07, 6.45) is -4.91. The van der Waals surface area contributed by atoms with E-state index in [0.717, 1.165) is 0 Å². The highest BCUT2D eigenvalue weighted by Gasteiger charge is 2.50. The summed E-state index contributed by atoms with van der Waals surface area (Å²) in [6.45, 7) is 0.566. The maximum Gasteiger partial charge on any atom is 0.402 e. The number of rotatable bonds is 12. The van der Waals surface area contributed by atoms with Crippen molar-refractivity contribution in [3.8, 4) is 5.75 Å². The molecule has 2 aromatic rings. The Morgan fingerprint density at radius 1 is 1.24 bits per heavy atom. The van der Waals surface area contributed by atoms with Gasteiger partial charge in [0.25, 0.3) is 5.91 Å². The van der Waals surface area contributed by atoms with Crippen molar-refractivity contribution in [1.82, 2.24) is 10.9 Å². The molecule has 0 bridgehead atoms. The summed E-state index contributed by atoms with van der Waals surface area (Å²) in [6, 6.07) is 13.7. The Hall–Kier alpha value is -3.80. The first kappa shape index (κ1) is 27.8. The van der Waals surface area contributed by atoms with Gasteiger partial charge in [-0.25, -0.2) is 10.4 Å². The van der Waals surface area contributed by atoms with Crippen LogP contribution < -0.4 is 15.6 Å². The Morgan fingerprint density at radius 2 is 1.95 bits per heavy atom. The third kappa shape index (κ3) is 7.35. The van der Waals surface area contributed by atoms with E-state index < -0.39 is 30.3 Å². The lowest BCUT2D eigenvalue weighted by Crippen LogP contribution is -2.57. The molecule has 0 aromatic heterocycles. The molecule has 1 heterocycles. The van der Waals surface area contributed by atoms with Crippen LogP contribution in [0.5, 0.6) is 5.75 Å². The topological polar surface area (TPSA) is 141 Å². The van der Waals surface area contributed by atoms with Crippen molar-refractivity contribution < 1.29 is 32.5 Å². The van der Waals surface area contributed by atoms with Crippen molar-refractivity contribution in [2.75, 3.05) is 19.8 Å². The van der Waals surface area contributed by atoms with Gasteiger partial charge < -0.3 is 14.6 Å². The number of aliphatic hydroxyl groups excluding tert-OH is 1. The van der Waals surface area contributed by atoms with Gasteiger partial charge in [0.15, 0.2) is 5.54 Å². The molecule has 1 amide bonds. The Labute approximate surface area is 211 Å². The third-order valence-electron chi connectivity index (χ3n) is 5.70. The number of ether oxygens (including phenoxy) is 2. The molecule has 1 aliphatic heterocycles. The van der Waals surface area contributed by atoms with Crippen LogP contribution in [-0.4, -0.2) is 54.5 Å². The molecule has 198 valence electrons. The average Bonchev–Trinajstić information content (AvgIpc) is 3.20. The summed E-state index contributed by atoms with van der Waals surface area (Å²) < 4.78 is 49.4. The fourth-order valence-electron chi connectivity index (χ4n) is 3.76. The number of benzene rings is 2. The summed E-state index contributed by atoms with van der Waals surface area (Å²) in [5.74, 6) is -0.0918. The first-order valence-electron chi connectivity index (χ1n) is 11.5. The zero-order chi connectivity index (χ0) is 26.9. The van der Waals surface area contributed by atoms with Crippen molar-refractivity contribution in [2.45, 2.75) is 44.1 Å². The van der Waals surface area contributed by atoms with Gasteiger partial charge in [0.2, 0.25) is 5.90 Å². The fraction of sp³-hybridized carbons (Fsp3) is 0.417. The van der Waals surface area contributed by atoms with Crippen LogP contribution in [-0.2, 0) is 22.5 Å². The quantitative estimate of drug-likeness (QED) is 0.129. The second-order valence-corrected chi connectivity index (χ2v) is 8.31. The lowest BCUT2D eigenvalue weighted by Gasteiger charge is -2.29. The largest absolute Gasteiger partial charge is 0.494 e. The molecule has 2 aromatic carbocycles. The number of nitrogens with one attached hydrogen (secondary N) is 2. The van der Waals surface area contributed by atoms with Crippen molar-refractivity contribution >= 4 is 11.8 Å². The summed E-state index contributed by atoms with van der Waals surface area (Å²) in [5, 5.41) is 12.5. The SMILES string of the molecule is C[C@@H]1OC(c2ccc(OCCCO)cc2)=N[C@]1(Cc1ccccc1CN=[N+]=[N-])C(=O)NNCC(F)(F)F. The highest BCUT2D eigenvalue weighted by molar-refractivity contribution is 6.00. The lowest BCUT2D eigenvalue weighted by atomic mass is 9.84. The van der Waals surface area contributed by atoms with Crippen molar-refractivity contribution in [3.63, 3.8) is 0 Å². The second-order valence-electron chi connectivity index (χ2n) is 8.31. The summed E-state index contributed by atoms with van der Waals surface area (Å²) in [7, 11) is 0. The number of azide groups is 1. The number of nitrogens with zero attached hydrogens (tertiary/aromatic N) is 4. The Morgan fingerprint density at radius 3 is 2.59 bits per heavy atom. The molecular formula is C24H27F3N6O4. The number of aliphatic hydroxyl groups is 1. The van der Waals surface area contributed by atoms with E-state index in [1.165, 1.54) is 0 Å². The molecule has 1 aliphatic rings. The van der Waals surface area contributed by atoms with Crippen LogP contribution in [0.2, 0.25) is 0 Å². The molecule has 0 unspecified atom stereocenters. The molecule has 10 nitrogen and oxygen atoms in total. The first-order chi connectivity index (χ1) is 17.7. The average molecular weight is 521 g/mol. The van der Waals surface area contributed by atoms with Gasteiger partial charge in [-0.3, -0.25) is 10.2 Å². The van der Waals surface area contributed by atoms with Crippen LogP contribution in [0.3, 0.4) is 0 Å². The van der Waals surface area contributed by atoms with Crippen LogP contribution in [0.25, 0.3) is 10.4 Å². The molecule has 0 fully saturated rings. The second kappa shape index (κ2) is 12.4. The minimum absolute atomic E-state index is 0.00851. The molecule has 0 saturated carbocycles. The number of carbonyl (C=O) groups excluding carboxylic acids is 1. The molecule has 0 spiro atoms. The van der Waals surface area contributed by atoms with Gasteiger partial charge >= 0.3 is 6.18 Å². The smallest absolute Gasteiger partial charge is 0.402 e. The van der Waals surface area contributed by atoms with Crippen LogP contribution in [0, 0.1) is 0 Å². The van der Waals surface area contributed by atoms with E-state index in [4.69, 9.17) is 20.1 Å². The van der Waals surface area contributed by atoms with Crippen LogP contribution in [0.4, 0.5) is 13.2 Å². The minimum Gasteiger partial charge on any atom is -0.494 e. The van der Waals surface area contributed by atoms with Crippen LogP contribution in [0.15, 0.2) is 58.6 Å². The van der Waals surface area contributed by atoms with Gasteiger partial charge in [-0.05, 0) is 47.8 Å². The maximum atomic E-state index is 13.3. The van der Waals surface area contributed by atoms with E-state index >= 15 is 0 Å². The first-order valence-corrected chi connectivity index (χ1v) is 11.5. The molecule has 13 heteroatoms. The molecule has 3 rings (SSSR count). The van der Waals surface area contributed by atoms with E-state index in [9.17, 15) is 18.0 Å². The van der Waals surface area contributed by atoms with E-state index in [1.54, 1.807) is 55.5 Å². The standard InChI is InChI=1S/C24H27F3N6O4/c1-16-23(22(35)32-30-15-24(25,26)27,13-18-5-2-3-6-19(18)14-29-33-28)31-21(37-16)17-7-9-20(10-8-17)36-12-4-11-34/h2-3,5-10,16,30,34H,4,11-15H2,1H3,(H,32,35)/t16-,23-/m0/s1. The predicted octanol–water partition coefficient (Wildman–Crippen LogP) is 3.59. The summed E-state index contributed by atoms with van der Waals surface area (Å²) in [5.41, 5.74) is 13.0. The normalized spacial score (nSPS) is 18.9. The molecule has 0 aliphatic carbocycles. The monoisotopic (exact) mass is 520 g/mol. The molecule has 0 radical (unpaired) electrons. The Kier molecular flexibility index (Phi) is 9.34. The molecule has 3 N–H and O–H groups in total. The maximum absolute atomic E-state index is 13.3. The zero-order valence-corrected chi connectivity index (χ0v) is 20.0. The van der Waals surface area contributed by atoms with Gasteiger partial charge in [-0.15, -0.1) is 0 Å². The van der Waals surface area contributed by atoms with E-state index in [2.05, 4.69) is 20.4 Å². The summed E-state index contributed by atoms with van der Waals surface area (Å²) in [4.78, 5) is 20.7. The van der Waals surface area contributed by atoms with E-state index in [0.29, 0.717) is 35.5 Å². The summed E-state index contributed by atoms with van der Waals surface area (Å²) >= 11 is 0. The van der Waals surface area contributed by atoms with Gasteiger partial charge in [-0.2, -0.15) is 13.2 Å². The number of carbonyl (C=O) groups is 1. The van der Waals surface area contributed by atoms with Gasteiger partial charge in [0.05, 0.1) is 13.2 Å². The van der Waals surface area contributed by atoms with Crippen molar-refractivity contribution in [3.05, 3.63) is 75.7 Å². The predicted molar refractivity (Wildman–Crippen MR) is 129 cm³/mol. The Balaban J connectivity index is 1.93. The zero-order valence-electron chi connectivity index (χ0n) is 20.0. The Bertz CT molecular complexity index is 1150. The van der Waals surface area contributed by atoms with Crippen LogP contribution >= 0.6 is 0 Å². The van der Waals surface area contributed by atoms with E-state index in [1.807, 2.05) is 5.43 Å². The van der Waals surface area contributed by atoms with Crippen LogP contribution in [0.1, 0.15) is 30.0 Å².